The molecule has 0 radical (unpaired) electrons. The van der Waals surface area contributed by atoms with Crippen LogP contribution in [0.5, 0.6) is 0 Å². The van der Waals surface area contributed by atoms with Crippen LogP contribution < -0.4 is 5.32 Å². The fraction of sp³-hybridized carbons (Fsp3) is 0.643. The number of benzene rings is 1. The molecule has 2 aliphatic heterocycles. The number of nitrogens with zero attached hydrogens (tertiary/aromatic N) is 2. The first-order chi connectivity index (χ1) is 17.0. The summed E-state index contributed by atoms with van der Waals surface area (Å²) in [5.74, 6) is 1.52. The zero-order valence-electron chi connectivity index (χ0n) is 21.2. The molecule has 2 saturated heterocycles. The molecule has 0 spiro atoms. The van der Waals surface area contributed by atoms with E-state index in [9.17, 15) is 9.59 Å². The van der Waals surface area contributed by atoms with E-state index >= 15 is 0 Å². The molecule has 1 aliphatic carbocycles. The number of aromatic nitrogens is 1. The summed E-state index contributed by atoms with van der Waals surface area (Å²) in [6.45, 7) is 3.67. The molecular weight excluding hydrogens is 442 g/mol. The fourth-order valence-electron chi connectivity index (χ4n) is 6.28. The number of ether oxygens (including phenoxy) is 2. The molecule has 0 bridgehead atoms. The molecule has 2 fully saturated rings. The van der Waals surface area contributed by atoms with Gasteiger partial charge in [0.25, 0.3) is 5.91 Å². The molecule has 190 valence electrons. The van der Waals surface area contributed by atoms with E-state index < -0.39 is 0 Å². The zero-order chi connectivity index (χ0) is 24.4. The monoisotopic (exact) mass is 481 g/mol. The Kier molecular flexibility index (Phi) is 7.44. The lowest BCUT2D eigenvalue weighted by Crippen LogP contribution is -2.35. The van der Waals surface area contributed by atoms with Gasteiger partial charge in [0.05, 0.1) is 12.6 Å². The second-order valence-corrected chi connectivity index (χ2v) is 10.6. The van der Waals surface area contributed by atoms with Crippen molar-refractivity contribution in [1.82, 2.24) is 14.8 Å². The Morgan fingerprint density at radius 2 is 1.89 bits per heavy atom. The Morgan fingerprint density at radius 1 is 1.09 bits per heavy atom. The third-order valence-corrected chi connectivity index (χ3v) is 8.37. The molecule has 2 atom stereocenters. The predicted octanol–water partition coefficient (Wildman–Crippen LogP) is 3.47. The fourth-order valence-corrected chi connectivity index (χ4v) is 6.28. The van der Waals surface area contributed by atoms with E-state index in [1.54, 1.807) is 4.90 Å². The summed E-state index contributed by atoms with van der Waals surface area (Å²) in [5, 5.41) is 4.25. The molecule has 3 heterocycles. The van der Waals surface area contributed by atoms with Crippen LogP contribution in [0.4, 0.5) is 0 Å². The largest absolute Gasteiger partial charge is 0.381 e. The molecule has 2 aromatic rings. The quantitative estimate of drug-likeness (QED) is 0.657. The minimum absolute atomic E-state index is 0.0193. The first-order valence-electron chi connectivity index (χ1n) is 13.3. The van der Waals surface area contributed by atoms with Gasteiger partial charge in [0, 0.05) is 69.0 Å². The highest BCUT2D eigenvalue weighted by molar-refractivity contribution is 5.99. The van der Waals surface area contributed by atoms with E-state index in [1.165, 1.54) is 41.4 Å². The minimum atomic E-state index is 0.0193. The first kappa shape index (κ1) is 24.3. The van der Waals surface area contributed by atoms with E-state index in [-0.39, 0.29) is 17.9 Å². The van der Waals surface area contributed by atoms with Crippen LogP contribution in [0.25, 0.3) is 10.9 Å². The first-order valence-corrected chi connectivity index (χ1v) is 13.3. The predicted molar refractivity (Wildman–Crippen MR) is 136 cm³/mol. The highest BCUT2D eigenvalue weighted by Gasteiger charge is 2.31. The Labute approximate surface area is 208 Å². The van der Waals surface area contributed by atoms with Gasteiger partial charge in [-0.15, -0.1) is 0 Å². The zero-order valence-corrected chi connectivity index (χ0v) is 21.2. The number of hydrogen-bond donors (Lipinski definition) is 1. The van der Waals surface area contributed by atoms with Crippen molar-refractivity contribution in [2.45, 2.75) is 57.4 Å². The van der Waals surface area contributed by atoms with Crippen molar-refractivity contribution in [3.05, 3.63) is 35.0 Å². The minimum Gasteiger partial charge on any atom is -0.381 e. The van der Waals surface area contributed by atoms with E-state index in [2.05, 4.69) is 29.1 Å². The molecule has 2 amide bonds. The van der Waals surface area contributed by atoms with Crippen LogP contribution in [0.2, 0.25) is 0 Å². The lowest BCUT2D eigenvalue weighted by Gasteiger charge is -2.33. The van der Waals surface area contributed by atoms with E-state index in [0.29, 0.717) is 38.5 Å². The van der Waals surface area contributed by atoms with Crippen LogP contribution in [0, 0.1) is 11.8 Å². The van der Waals surface area contributed by atoms with Gasteiger partial charge in [0.1, 0.15) is 0 Å². The normalized spacial score (nSPS) is 22.8. The van der Waals surface area contributed by atoms with E-state index in [4.69, 9.17) is 9.47 Å². The molecule has 5 rings (SSSR count). The third kappa shape index (κ3) is 5.26. The molecule has 7 heteroatoms. The SMILES string of the molecule is CN(CCCC(=O)NC1CCOC1)C(=O)c1ccc2c(c1)c1c(n2C)CC[C@@H](C2CCOCC2)C1. The molecule has 1 aromatic heterocycles. The van der Waals surface area contributed by atoms with Crippen LogP contribution in [-0.4, -0.2) is 67.3 Å². The van der Waals surface area contributed by atoms with Crippen molar-refractivity contribution in [2.24, 2.45) is 18.9 Å². The van der Waals surface area contributed by atoms with Crippen LogP contribution in [0.1, 0.15) is 60.1 Å². The summed E-state index contributed by atoms with van der Waals surface area (Å²) in [4.78, 5) is 27.1. The van der Waals surface area contributed by atoms with Gasteiger partial charge >= 0.3 is 0 Å². The number of amides is 2. The van der Waals surface area contributed by atoms with Gasteiger partial charge in [0.2, 0.25) is 5.91 Å². The summed E-state index contributed by atoms with van der Waals surface area (Å²) in [6.07, 6.45) is 7.76. The van der Waals surface area contributed by atoms with Gasteiger partial charge in [-0.2, -0.15) is 0 Å². The van der Waals surface area contributed by atoms with Gasteiger partial charge in [0.15, 0.2) is 0 Å². The highest BCUT2D eigenvalue weighted by atomic mass is 16.5. The van der Waals surface area contributed by atoms with Crippen molar-refractivity contribution in [2.75, 3.05) is 40.0 Å². The summed E-state index contributed by atoms with van der Waals surface area (Å²) in [6, 6.07) is 6.30. The van der Waals surface area contributed by atoms with Gasteiger partial charge in [-0.05, 0) is 80.5 Å². The Balaban J connectivity index is 1.24. The number of rotatable bonds is 7. The van der Waals surface area contributed by atoms with Crippen molar-refractivity contribution < 1.29 is 19.1 Å². The molecule has 1 unspecified atom stereocenters. The average molecular weight is 482 g/mol. The second kappa shape index (κ2) is 10.7. The number of carbonyl (C=O) groups excluding carboxylic acids is 2. The molecule has 7 nitrogen and oxygen atoms in total. The molecular formula is C28H39N3O4. The van der Waals surface area contributed by atoms with Crippen molar-refractivity contribution in [1.29, 1.82) is 0 Å². The van der Waals surface area contributed by atoms with Gasteiger partial charge < -0.3 is 24.3 Å². The molecule has 1 aromatic carbocycles. The standard InChI is InChI=1S/C28H39N3O4/c1-30(12-3-4-27(32)29-22-11-15-35-18-22)28(33)21-6-8-26-24(17-21)23-16-20(5-7-25(23)31(26)2)19-9-13-34-14-10-19/h6,8,17,19-20,22H,3-5,7,9-16,18H2,1-2H3,(H,29,32)/t20-,22?/m1/s1. The number of hydrogen-bond acceptors (Lipinski definition) is 4. The summed E-state index contributed by atoms with van der Waals surface area (Å²) < 4.78 is 13.2. The van der Waals surface area contributed by atoms with Crippen molar-refractivity contribution >= 4 is 22.7 Å². The maximum atomic E-state index is 13.2. The molecule has 35 heavy (non-hydrogen) atoms. The van der Waals surface area contributed by atoms with Crippen molar-refractivity contribution in [3.63, 3.8) is 0 Å². The summed E-state index contributed by atoms with van der Waals surface area (Å²) >= 11 is 0. The van der Waals surface area contributed by atoms with Crippen molar-refractivity contribution in [3.8, 4) is 0 Å². The van der Waals surface area contributed by atoms with Crippen LogP contribution >= 0.6 is 0 Å². The maximum Gasteiger partial charge on any atom is 0.253 e. The van der Waals surface area contributed by atoms with Crippen LogP contribution in [-0.2, 0) is 34.2 Å². The number of aryl methyl sites for hydroxylation is 1. The Bertz CT molecular complexity index is 1070. The summed E-state index contributed by atoms with van der Waals surface area (Å²) in [5.41, 5.74) is 4.82. The Hall–Kier alpha value is -2.38. The highest BCUT2D eigenvalue weighted by Crippen LogP contribution is 2.39. The number of fused-ring (bicyclic) bond motifs is 3. The topological polar surface area (TPSA) is 72.8 Å². The maximum absolute atomic E-state index is 13.2. The van der Waals surface area contributed by atoms with Crippen LogP contribution in [0.15, 0.2) is 18.2 Å². The average Bonchev–Trinajstić information content (AvgIpc) is 3.49. The summed E-state index contributed by atoms with van der Waals surface area (Å²) in [7, 11) is 3.99. The van der Waals surface area contributed by atoms with Gasteiger partial charge in [-0.1, -0.05) is 0 Å². The second-order valence-electron chi connectivity index (χ2n) is 10.6. The number of carbonyl (C=O) groups is 2. The van der Waals surface area contributed by atoms with E-state index in [1.807, 2.05) is 13.1 Å². The lowest BCUT2D eigenvalue weighted by atomic mass is 9.75. The smallest absolute Gasteiger partial charge is 0.253 e. The van der Waals surface area contributed by atoms with Crippen LogP contribution in [0.3, 0.4) is 0 Å². The number of nitrogens with one attached hydrogen (secondary N) is 1. The van der Waals surface area contributed by atoms with Gasteiger partial charge in [-0.25, -0.2) is 0 Å². The van der Waals surface area contributed by atoms with Gasteiger partial charge in [-0.3, -0.25) is 9.59 Å². The third-order valence-electron chi connectivity index (χ3n) is 8.37. The molecule has 0 saturated carbocycles. The Morgan fingerprint density at radius 3 is 2.66 bits per heavy atom. The molecule has 3 aliphatic rings. The molecule has 1 N–H and O–H groups in total. The van der Waals surface area contributed by atoms with E-state index in [0.717, 1.165) is 44.0 Å². The lowest BCUT2D eigenvalue weighted by molar-refractivity contribution is -0.121.